The number of halogens is 2. The van der Waals surface area contributed by atoms with Crippen LogP contribution >= 0.6 is 0 Å². The molecule has 112 valence electrons. The van der Waals surface area contributed by atoms with Gasteiger partial charge >= 0.3 is 0 Å². The van der Waals surface area contributed by atoms with Gasteiger partial charge in [-0.05, 0) is 24.6 Å². The van der Waals surface area contributed by atoms with Crippen molar-refractivity contribution in [3.05, 3.63) is 35.4 Å². The van der Waals surface area contributed by atoms with Crippen LogP contribution in [-0.2, 0) is 4.79 Å². The van der Waals surface area contributed by atoms with Gasteiger partial charge in [-0.3, -0.25) is 4.79 Å². The van der Waals surface area contributed by atoms with Crippen LogP contribution in [-0.4, -0.2) is 30.4 Å². The Labute approximate surface area is 119 Å². The van der Waals surface area contributed by atoms with E-state index in [9.17, 15) is 13.6 Å². The van der Waals surface area contributed by atoms with Crippen molar-refractivity contribution in [3.8, 4) is 0 Å². The van der Waals surface area contributed by atoms with Gasteiger partial charge in [0.25, 0.3) is 0 Å². The van der Waals surface area contributed by atoms with E-state index in [0.717, 1.165) is 12.1 Å². The van der Waals surface area contributed by atoms with Crippen LogP contribution in [0.25, 0.3) is 0 Å². The predicted molar refractivity (Wildman–Crippen MR) is 75.3 cm³/mol. The lowest BCUT2D eigenvalue weighted by molar-refractivity contribution is -0.131. The molecular formula is C15H22F2N2O. The summed E-state index contributed by atoms with van der Waals surface area (Å²) >= 11 is 0. The van der Waals surface area contributed by atoms with Crippen molar-refractivity contribution in [3.63, 3.8) is 0 Å². The fourth-order valence-corrected chi connectivity index (χ4v) is 1.86. The molecule has 0 saturated carbocycles. The molecule has 0 radical (unpaired) electrons. The molecule has 1 N–H and O–H groups in total. The highest BCUT2D eigenvalue weighted by atomic mass is 19.2. The summed E-state index contributed by atoms with van der Waals surface area (Å²) in [6, 6.07) is 3.75. The maximum absolute atomic E-state index is 13.2. The van der Waals surface area contributed by atoms with Crippen LogP contribution in [0.15, 0.2) is 18.2 Å². The molecule has 0 aliphatic rings. The van der Waals surface area contributed by atoms with Crippen LogP contribution in [0.5, 0.6) is 0 Å². The number of amides is 1. The zero-order chi connectivity index (χ0) is 15.3. The monoisotopic (exact) mass is 284 g/mol. The molecule has 1 aromatic carbocycles. The minimum atomic E-state index is -0.892. The highest BCUT2D eigenvalue weighted by molar-refractivity contribution is 5.76. The van der Waals surface area contributed by atoms with Crippen molar-refractivity contribution >= 4 is 5.91 Å². The topological polar surface area (TPSA) is 32.3 Å². The summed E-state index contributed by atoms with van der Waals surface area (Å²) in [7, 11) is 1.67. The summed E-state index contributed by atoms with van der Waals surface area (Å²) in [6.45, 7) is 6.42. The highest BCUT2D eigenvalue weighted by Crippen LogP contribution is 2.21. The van der Waals surface area contributed by atoms with Crippen LogP contribution in [0.1, 0.15) is 38.8 Å². The quantitative estimate of drug-likeness (QED) is 0.871. The standard InChI is InChI=1S/C15H22F2N2O/c1-10(2)18-8-7-15(20)19(4)11(3)12-5-6-13(16)14(17)9-12/h5-6,9-11,18H,7-8H2,1-4H3. The Kier molecular flexibility index (Phi) is 6.07. The lowest BCUT2D eigenvalue weighted by Gasteiger charge is -2.25. The number of hydrogen-bond acceptors (Lipinski definition) is 2. The van der Waals surface area contributed by atoms with Gasteiger partial charge in [0.05, 0.1) is 6.04 Å². The summed E-state index contributed by atoms with van der Waals surface area (Å²) in [4.78, 5) is 13.6. The Morgan fingerprint density at radius 1 is 1.25 bits per heavy atom. The average molecular weight is 284 g/mol. The second kappa shape index (κ2) is 7.33. The molecule has 0 spiro atoms. The Morgan fingerprint density at radius 3 is 2.45 bits per heavy atom. The molecule has 1 atom stereocenters. The van der Waals surface area contributed by atoms with E-state index < -0.39 is 11.6 Å². The zero-order valence-electron chi connectivity index (χ0n) is 12.4. The molecule has 0 aromatic heterocycles. The molecule has 1 amide bonds. The number of carbonyl (C=O) groups is 1. The van der Waals surface area contributed by atoms with Gasteiger partial charge in [0.1, 0.15) is 0 Å². The van der Waals surface area contributed by atoms with Crippen molar-refractivity contribution < 1.29 is 13.6 Å². The van der Waals surface area contributed by atoms with E-state index in [-0.39, 0.29) is 11.9 Å². The van der Waals surface area contributed by atoms with Gasteiger partial charge in [-0.1, -0.05) is 19.9 Å². The first kappa shape index (κ1) is 16.6. The summed E-state index contributed by atoms with van der Waals surface area (Å²) in [5.74, 6) is -1.80. The molecule has 20 heavy (non-hydrogen) atoms. The maximum Gasteiger partial charge on any atom is 0.224 e. The first-order chi connectivity index (χ1) is 9.32. The van der Waals surface area contributed by atoms with Crippen molar-refractivity contribution in [2.45, 2.75) is 39.3 Å². The second-order valence-electron chi connectivity index (χ2n) is 5.21. The summed E-state index contributed by atoms with van der Waals surface area (Å²) < 4.78 is 26.1. The minimum Gasteiger partial charge on any atom is -0.339 e. The van der Waals surface area contributed by atoms with E-state index >= 15 is 0 Å². The number of nitrogens with one attached hydrogen (secondary N) is 1. The molecule has 0 heterocycles. The average Bonchev–Trinajstić information content (AvgIpc) is 2.39. The Bertz CT molecular complexity index is 463. The molecule has 0 aliphatic carbocycles. The van der Waals surface area contributed by atoms with Gasteiger partial charge in [0, 0.05) is 26.1 Å². The van der Waals surface area contributed by atoms with Gasteiger partial charge in [-0.25, -0.2) is 8.78 Å². The molecule has 0 saturated heterocycles. The van der Waals surface area contributed by atoms with Crippen LogP contribution in [0.4, 0.5) is 8.78 Å². The first-order valence-electron chi connectivity index (χ1n) is 6.77. The molecule has 0 aliphatic heterocycles. The van der Waals surface area contributed by atoms with E-state index in [0.29, 0.717) is 24.6 Å². The highest BCUT2D eigenvalue weighted by Gasteiger charge is 2.18. The van der Waals surface area contributed by atoms with E-state index in [1.807, 2.05) is 13.8 Å². The fourth-order valence-electron chi connectivity index (χ4n) is 1.86. The molecule has 0 fully saturated rings. The Morgan fingerprint density at radius 2 is 1.90 bits per heavy atom. The van der Waals surface area contributed by atoms with E-state index in [2.05, 4.69) is 5.32 Å². The van der Waals surface area contributed by atoms with Gasteiger partial charge in [-0.15, -0.1) is 0 Å². The third-order valence-electron chi connectivity index (χ3n) is 3.29. The fraction of sp³-hybridized carbons (Fsp3) is 0.533. The van der Waals surface area contributed by atoms with Gasteiger partial charge < -0.3 is 10.2 Å². The van der Waals surface area contributed by atoms with E-state index in [1.54, 1.807) is 18.9 Å². The number of rotatable bonds is 6. The van der Waals surface area contributed by atoms with E-state index in [4.69, 9.17) is 0 Å². The van der Waals surface area contributed by atoms with Crippen LogP contribution in [0.2, 0.25) is 0 Å². The first-order valence-corrected chi connectivity index (χ1v) is 6.77. The smallest absolute Gasteiger partial charge is 0.224 e. The molecule has 3 nitrogen and oxygen atoms in total. The molecular weight excluding hydrogens is 262 g/mol. The Balaban J connectivity index is 2.63. The molecule has 1 rings (SSSR count). The van der Waals surface area contributed by atoms with Crippen molar-refractivity contribution in [1.82, 2.24) is 10.2 Å². The molecule has 5 heteroatoms. The van der Waals surface area contributed by atoms with Crippen LogP contribution in [0.3, 0.4) is 0 Å². The lowest BCUT2D eigenvalue weighted by Crippen LogP contribution is -2.33. The third-order valence-corrected chi connectivity index (χ3v) is 3.29. The number of benzene rings is 1. The van der Waals surface area contributed by atoms with Crippen molar-refractivity contribution in [2.75, 3.05) is 13.6 Å². The van der Waals surface area contributed by atoms with Gasteiger partial charge in [-0.2, -0.15) is 0 Å². The summed E-state index contributed by atoms with van der Waals surface area (Å²) in [5.41, 5.74) is 0.580. The largest absolute Gasteiger partial charge is 0.339 e. The van der Waals surface area contributed by atoms with Crippen molar-refractivity contribution in [2.24, 2.45) is 0 Å². The SMILES string of the molecule is CC(C)NCCC(=O)N(C)C(C)c1ccc(F)c(F)c1. The molecule has 1 unspecified atom stereocenters. The van der Waals surface area contributed by atoms with Crippen molar-refractivity contribution in [1.29, 1.82) is 0 Å². The number of hydrogen-bond donors (Lipinski definition) is 1. The van der Waals surface area contributed by atoms with Gasteiger partial charge in [0.15, 0.2) is 11.6 Å². The van der Waals surface area contributed by atoms with Crippen LogP contribution in [0, 0.1) is 11.6 Å². The summed E-state index contributed by atoms with van der Waals surface area (Å²) in [6.07, 6.45) is 0.378. The zero-order valence-corrected chi connectivity index (χ0v) is 12.4. The minimum absolute atomic E-state index is 0.0321. The second-order valence-corrected chi connectivity index (χ2v) is 5.21. The normalized spacial score (nSPS) is 12.6. The maximum atomic E-state index is 13.2. The predicted octanol–water partition coefficient (Wildman–Crippen LogP) is 2.87. The third kappa shape index (κ3) is 4.56. The summed E-state index contributed by atoms with van der Waals surface area (Å²) in [5, 5.41) is 3.17. The van der Waals surface area contributed by atoms with Crippen LogP contribution < -0.4 is 5.32 Å². The van der Waals surface area contributed by atoms with Gasteiger partial charge in [0.2, 0.25) is 5.91 Å². The number of carbonyl (C=O) groups excluding carboxylic acids is 1. The lowest BCUT2D eigenvalue weighted by atomic mass is 10.1. The Hall–Kier alpha value is -1.49. The number of nitrogens with zero attached hydrogens (tertiary/aromatic N) is 1. The molecule has 0 bridgehead atoms. The molecule has 1 aromatic rings. The van der Waals surface area contributed by atoms with E-state index in [1.165, 1.54) is 6.07 Å².